The van der Waals surface area contributed by atoms with Crippen LogP contribution in [0, 0.1) is 0 Å². The number of azide groups is 1. The van der Waals surface area contributed by atoms with Crippen molar-refractivity contribution in [3.63, 3.8) is 0 Å². The van der Waals surface area contributed by atoms with Crippen molar-refractivity contribution < 1.29 is 85.7 Å². The molecule has 2 fully saturated rings. The zero-order valence-electron chi connectivity index (χ0n) is 28.3. The predicted octanol–water partition coefficient (Wildman–Crippen LogP) is 0.0991. The van der Waals surface area contributed by atoms with Crippen LogP contribution < -0.4 is 0 Å². The lowest BCUT2D eigenvalue weighted by Gasteiger charge is -2.50. The van der Waals surface area contributed by atoms with E-state index in [9.17, 15) is 33.6 Å². The molecule has 0 bridgehead atoms. The summed E-state index contributed by atoms with van der Waals surface area (Å²) in [5.74, 6) is -9.78. The second kappa shape index (κ2) is 18.8. The first-order valence-corrected chi connectivity index (χ1v) is 14.8. The number of carbonyl (C=O) groups is 7. The van der Waals surface area contributed by atoms with E-state index in [4.69, 9.17) is 57.6 Å². The molecule has 0 spiro atoms. The van der Waals surface area contributed by atoms with Gasteiger partial charge < -0.3 is 52.1 Å². The molecule has 2 aliphatic rings. The highest BCUT2D eigenvalue weighted by Gasteiger charge is 2.67. The van der Waals surface area contributed by atoms with Gasteiger partial charge in [0.05, 0.1) is 26.9 Å². The molecule has 0 unspecified atom stereocenters. The van der Waals surface area contributed by atoms with Gasteiger partial charge in [-0.3, -0.25) is 28.8 Å². The van der Waals surface area contributed by atoms with Crippen molar-refractivity contribution in [2.24, 2.45) is 5.11 Å². The van der Waals surface area contributed by atoms with E-state index in [2.05, 4.69) is 16.6 Å². The van der Waals surface area contributed by atoms with Crippen molar-refractivity contribution in [1.82, 2.24) is 0 Å². The molecule has 0 saturated carbocycles. The summed E-state index contributed by atoms with van der Waals surface area (Å²) in [6, 6.07) is -1.17. The Hall–Kier alpha value is -4.82. The Morgan fingerprint density at radius 2 is 1.38 bits per heavy atom. The highest BCUT2D eigenvalue weighted by atomic mass is 16.8. The number of rotatable bonds is 15. The molecule has 2 rings (SSSR count). The first-order chi connectivity index (χ1) is 23.5. The van der Waals surface area contributed by atoms with E-state index in [0.717, 1.165) is 48.7 Å². The van der Waals surface area contributed by atoms with Crippen molar-refractivity contribution in [2.45, 2.75) is 102 Å². The van der Waals surface area contributed by atoms with Crippen molar-refractivity contribution in [3.05, 3.63) is 23.1 Å². The lowest BCUT2D eigenvalue weighted by atomic mass is 9.88. The molecule has 2 aliphatic heterocycles. The van der Waals surface area contributed by atoms with Gasteiger partial charge in [-0.1, -0.05) is 11.2 Å². The van der Waals surface area contributed by atoms with Gasteiger partial charge in [0.25, 0.3) is 0 Å². The third-order valence-corrected chi connectivity index (χ3v) is 6.73. The minimum Gasteiger partial charge on any atom is -0.465 e. The molecule has 21 nitrogen and oxygen atoms in total. The molecule has 2 heterocycles. The number of esters is 7. The summed E-state index contributed by atoms with van der Waals surface area (Å²) < 4.78 is 60.5. The highest BCUT2D eigenvalue weighted by molar-refractivity contribution is 5.80. The molecule has 21 heteroatoms. The number of nitrogens with zero attached hydrogens (tertiary/aromatic N) is 3. The summed E-state index contributed by atoms with van der Waals surface area (Å²) in [6.07, 6.45) is -12.6. The van der Waals surface area contributed by atoms with Crippen molar-refractivity contribution in [3.8, 4) is 0 Å². The summed E-state index contributed by atoms with van der Waals surface area (Å²) in [5.41, 5.74) is 9.01. The van der Waals surface area contributed by atoms with Crippen LogP contribution in [-0.4, -0.2) is 130 Å². The monoisotopic (exact) mass is 717 g/mol. The molecule has 0 amide bonds. The fraction of sp³-hybridized carbons (Fsp3) is 0.690. The number of carbonyl (C=O) groups excluding carboxylic acids is 7. The molecule has 278 valence electrons. The van der Waals surface area contributed by atoms with E-state index in [1.165, 1.54) is 6.08 Å². The van der Waals surface area contributed by atoms with E-state index in [1.54, 1.807) is 0 Å². The average Bonchev–Trinajstić information content (AvgIpc) is 3.01. The largest absolute Gasteiger partial charge is 0.465 e. The Morgan fingerprint density at radius 1 is 0.840 bits per heavy atom. The highest BCUT2D eigenvalue weighted by Crippen LogP contribution is 2.40. The Labute approximate surface area is 285 Å². The SMILES string of the molecule is C=CCO[C@@]1(C(=O)OC)O[C@H]([C@@H](CO[C@H]2OC[C@H](N=[N+]=[N-])[C@H](OC(C)=O)[C@H]2OC(C)=O)OC(C)=O)[C@H](OC(C)=O)[C@H](OC(C)=O)[C@@H]1OC(C)=O. The van der Waals surface area contributed by atoms with Crippen molar-refractivity contribution in [1.29, 1.82) is 0 Å². The summed E-state index contributed by atoms with van der Waals surface area (Å²) in [4.78, 5) is 89.6. The van der Waals surface area contributed by atoms with Crippen LogP contribution in [0.25, 0.3) is 10.4 Å². The maximum atomic E-state index is 13.5. The Morgan fingerprint density at radius 3 is 1.88 bits per heavy atom. The molecule has 50 heavy (non-hydrogen) atoms. The first kappa shape index (κ1) is 41.4. The number of hydrogen-bond acceptors (Lipinski definition) is 19. The van der Waals surface area contributed by atoms with Gasteiger partial charge in [0.15, 0.2) is 36.8 Å². The number of ether oxygens (including phenoxy) is 11. The maximum Gasteiger partial charge on any atom is 0.370 e. The molecule has 2 saturated heterocycles. The van der Waals surface area contributed by atoms with Gasteiger partial charge in [-0.2, -0.15) is 0 Å². The van der Waals surface area contributed by atoms with Crippen LogP contribution in [0.3, 0.4) is 0 Å². The van der Waals surface area contributed by atoms with Crippen LogP contribution in [0.2, 0.25) is 0 Å². The molecule has 0 aromatic heterocycles. The van der Waals surface area contributed by atoms with Crippen LogP contribution in [0.5, 0.6) is 0 Å². The average molecular weight is 718 g/mol. The van der Waals surface area contributed by atoms with Crippen molar-refractivity contribution >= 4 is 41.8 Å². The molecule has 10 atom stereocenters. The van der Waals surface area contributed by atoms with Crippen LogP contribution in [0.1, 0.15) is 41.5 Å². The van der Waals surface area contributed by atoms with Crippen LogP contribution in [-0.2, 0) is 85.7 Å². The number of hydrogen-bond donors (Lipinski definition) is 0. The van der Waals surface area contributed by atoms with Crippen LogP contribution in [0.4, 0.5) is 0 Å². The first-order valence-electron chi connectivity index (χ1n) is 14.8. The topological polar surface area (TPSA) is 270 Å². The van der Waals surface area contributed by atoms with Gasteiger partial charge in [-0.05, 0) is 5.53 Å². The summed E-state index contributed by atoms with van der Waals surface area (Å²) in [5, 5.41) is 3.53. The normalized spacial score (nSPS) is 29.4. The molecule has 0 aliphatic carbocycles. The predicted molar refractivity (Wildman–Crippen MR) is 158 cm³/mol. The van der Waals surface area contributed by atoms with E-state index in [0.29, 0.717) is 0 Å². The quantitative estimate of drug-likeness (QED) is 0.0542. The second-order valence-corrected chi connectivity index (χ2v) is 10.6. The molecule has 0 aromatic carbocycles. The molecular weight excluding hydrogens is 678 g/mol. The van der Waals surface area contributed by atoms with E-state index < -0.39 is 122 Å². The molecule has 0 radical (unpaired) electrons. The Bertz CT molecular complexity index is 1350. The molecule has 0 N–H and O–H groups in total. The lowest BCUT2D eigenvalue weighted by molar-refractivity contribution is -0.362. The van der Waals surface area contributed by atoms with Gasteiger partial charge in [0.1, 0.15) is 12.1 Å². The zero-order chi connectivity index (χ0) is 37.8. The van der Waals surface area contributed by atoms with Gasteiger partial charge in [-0.25, -0.2) is 4.79 Å². The van der Waals surface area contributed by atoms with E-state index in [-0.39, 0.29) is 0 Å². The zero-order valence-corrected chi connectivity index (χ0v) is 28.3. The van der Waals surface area contributed by atoms with Crippen LogP contribution in [0.15, 0.2) is 17.8 Å². The second-order valence-electron chi connectivity index (χ2n) is 10.6. The van der Waals surface area contributed by atoms with Gasteiger partial charge in [0.2, 0.25) is 6.10 Å². The number of methoxy groups -OCH3 is 1. The Balaban J connectivity index is 2.74. The third-order valence-electron chi connectivity index (χ3n) is 6.73. The van der Waals surface area contributed by atoms with Crippen molar-refractivity contribution in [2.75, 3.05) is 26.9 Å². The fourth-order valence-corrected chi connectivity index (χ4v) is 5.15. The van der Waals surface area contributed by atoms with E-state index in [1.807, 2.05) is 0 Å². The molecule has 0 aromatic rings. The van der Waals surface area contributed by atoms with Gasteiger partial charge >= 0.3 is 47.6 Å². The fourth-order valence-electron chi connectivity index (χ4n) is 5.15. The van der Waals surface area contributed by atoms with Gasteiger partial charge in [0, 0.05) is 46.5 Å². The lowest BCUT2D eigenvalue weighted by Crippen LogP contribution is -2.73. The maximum absolute atomic E-state index is 13.5. The smallest absolute Gasteiger partial charge is 0.370 e. The summed E-state index contributed by atoms with van der Waals surface area (Å²) in [6.45, 7) is 7.86. The standard InChI is InChI=1S/C29H39N3O18/c1-9-10-43-29(28(39)40-8)26(49-18(7)38)24(47-16(5)36)23(46-15(4)35)22(50-29)20(44-13(2)33)12-42-27-25(48-17(6)37)21(45-14(3)34)19(11-41-27)31-32-30/h9,19-27H,1,10-12H2,2-8H3/t19-,20+,21-,22+,23-,24-,25+,26-,27+,29+/m0/s1. The minimum atomic E-state index is -2.78. The molecular formula is C29H39N3O18. The third kappa shape index (κ3) is 10.8. The van der Waals surface area contributed by atoms with E-state index >= 15 is 0 Å². The Kier molecular flexibility index (Phi) is 15.6. The summed E-state index contributed by atoms with van der Waals surface area (Å²) in [7, 11) is 0.939. The van der Waals surface area contributed by atoms with Crippen LogP contribution >= 0.6 is 0 Å². The minimum absolute atomic E-state index is 0.405. The summed E-state index contributed by atoms with van der Waals surface area (Å²) >= 11 is 0. The van der Waals surface area contributed by atoms with Gasteiger partial charge in [-0.15, -0.1) is 6.58 Å².